The highest BCUT2D eigenvalue weighted by Gasteiger charge is 1.89. The molecule has 0 saturated carbocycles. The maximum absolute atomic E-state index is 8.37. The summed E-state index contributed by atoms with van der Waals surface area (Å²) in [7, 11) is 0. The van der Waals surface area contributed by atoms with E-state index in [1.165, 1.54) is 0 Å². The second kappa shape index (κ2) is 2.88. The average Bonchev–Trinajstić information content (AvgIpc) is 2.40. The number of nitrogens with zero attached hydrogens (tertiary/aromatic N) is 1. The molecule has 1 aromatic heterocycles. The van der Waals surface area contributed by atoms with Crippen molar-refractivity contribution in [2.45, 2.75) is 6.92 Å². The van der Waals surface area contributed by atoms with Gasteiger partial charge in [0.1, 0.15) is 5.76 Å². The van der Waals surface area contributed by atoms with E-state index in [0.29, 0.717) is 5.57 Å². The van der Waals surface area contributed by atoms with Gasteiger partial charge in [-0.2, -0.15) is 5.26 Å². The van der Waals surface area contributed by atoms with Crippen molar-refractivity contribution in [1.29, 1.82) is 5.26 Å². The van der Waals surface area contributed by atoms with Gasteiger partial charge in [-0.25, -0.2) is 0 Å². The first kappa shape index (κ1) is 6.63. The van der Waals surface area contributed by atoms with E-state index in [9.17, 15) is 0 Å². The molecule has 10 heavy (non-hydrogen) atoms. The van der Waals surface area contributed by atoms with Gasteiger partial charge in [0.05, 0.1) is 12.3 Å². The number of nitriles is 1. The number of furan rings is 1. The Morgan fingerprint density at radius 1 is 1.80 bits per heavy atom. The maximum Gasteiger partial charge on any atom is 0.127 e. The molecule has 2 heteroatoms. The van der Waals surface area contributed by atoms with Crippen LogP contribution >= 0.6 is 0 Å². The molecule has 0 aliphatic heterocycles. The van der Waals surface area contributed by atoms with Gasteiger partial charge in [-0.15, -0.1) is 0 Å². The van der Waals surface area contributed by atoms with Crippen LogP contribution in [0.4, 0.5) is 0 Å². The summed E-state index contributed by atoms with van der Waals surface area (Å²) in [6, 6.07) is 5.60. The molecule has 0 bridgehead atoms. The van der Waals surface area contributed by atoms with Gasteiger partial charge in [0, 0.05) is 5.57 Å². The van der Waals surface area contributed by atoms with E-state index in [2.05, 4.69) is 0 Å². The summed E-state index contributed by atoms with van der Waals surface area (Å²) in [5.74, 6) is 0.721. The Hall–Kier alpha value is -1.49. The molecule has 0 amide bonds. The first-order chi connectivity index (χ1) is 4.83. The zero-order valence-electron chi connectivity index (χ0n) is 5.66. The van der Waals surface area contributed by atoms with E-state index in [1.807, 2.05) is 6.07 Å². The van der Waals surface area contributed by atoms with Gasteiger partial charge in [-0.05, 0) is 25.1 Å². The SMILES string of the molecule is C/C(C#N)=C\c1ccco1. The molecule has 0 atom stereocenters. The Labute approximate surface area is 59.4 Å². The van der Waals surface area contributed by atoms with Crippen molar-refractivity contribution in [2.75, 3.05) is 0 Å². The lowest BCUT2D eigenvalue weighted by atomic mass is 10.3. The molecule has 0 radical (unpaired) electrons. The molecule has 0 aliphatic rings. The fourth-order valence-electron chi connectivity index (χ4n) is 0.619. The Morgan fingerprint density at radius 3 is 3.10 bits per heavy atom. The van der Waals surface area contributed by atoms with E-state index >= 15 is 0 Å². The highest BCUT2D eigenvalue weighted by molar-refractivity contribution is 5.51. The maximum atomic E-state index is 8.37. The van der Waals surface area contributed by atoms with Crippen molar-refractivity contribution in [2.24, 2.45) is 0 Å². The first-order valence-corrected chi connectivity index (χ1v) is 2.95. The highest BCUT2D eigenvalue weighted by Crippen LogP contribution is 2.05. The fraction of sp³-hybridized carbons (Fsp3) is 0.125. The summed E-state index contributed by atoms with van der Waals surface area (Å²) in [5, 5.41) is 8.37. The smallest absolute Gasteiger partial charge is 0.127 e. The van der Waals surface area contributed by atoms with E-state index in [1.54, 1.807) is 31.4 Å². The third-order valence-electron chi connectivity index (χ3n) is 1.08. The van der Waals surface area contributed by atoms with Crippen molar-refractivity contribution in [3.63, 3.8) is 0 Å². The molecule has 1 heterocycles. The van der Waals surface area contributed by atoms with E-state index in [4.69, 9.17) is 9.68 Å². The summed E-state index contributed by atoms with van der Waals surface area (Å²) in [6.45, 7) is 1.74. The summed E-state index contributed by atoms with van der Waals surface area (Å²) in [5.41, 5.74) is 0.648. The fourth-order valence-corrected chi connectivity index (χ4v) is 0.619. The van der Waals surface area contributed by atoms with Crippen LogP contribution in [0.3, 0.4) is 0 Å². The second-order valence-corrected chi connectivity index (χ2v) is 1.95. The third-order valence-corrected chi connectivity index (χ3v) is 1.08. The lowest BCUT2D eigenvalue weighted by Gasteiger charge is -1.82. The predicted molar refractivity (Wildman–Crippen MR) is 38.0 cm³/mol. The molecule has 0 fully saturated rings. The van der Waals surface area contributed by atoms with Gasteiger partial charge in [0.2, 0.25) is 0 Å². The molecular formula is C8H7NO. The molecule has 50 valence electrons. The zero-order valence-corrected chi connectivity index (χ0v) is 5.66. The molecule has 0 unspecified atom stereocenters. The molecule has 1 aromatic rings. The summed E-state index contributed by atoms with van der Waals surface area (Å²) in [4.78, 5) is 0. The minimum atomic E-state index is 0.648. The summed E-state index contributed by atoms with van der Waals surface area (Å²) < 4.78 is 4.98. The first-order valence-electron chi connectivity index (χ1n) is 2.95. The van der Waals surface area contributed by atoms with E-state index in [0.717, 1.165) is 5.76 Å². The van der Waals surface area contributed by atoms with Crippen LogP contribution in [0.15, 0.2) is 28.4 Å². The number of hydrogen-bond acceptors (Lipinski definition) is 2. The summed E-state index contributed by atoms with van der Waals surface area (Å²) >= 11 is 0. The molecule has 0 spiro atoms. The van der Waals surface area contributed by atoms with Crippen LogP contribution in [0.25, 0.3) is 6.08 Å². The van der Waals surface area contributed by atoms with Crippen LogP contribution < -0.4 is 0 Å². The Kier molecular flexibility index (Phi) is 1.91. The van der Waals surface area contributed by atoms with Crippen LogP contribution in [0.2, 0.25) is 0 Å². The van der Waals surface area contributed by atoms with Crippen molar-refractivity contribution in [3.8, 4) is 6.07 Å². The normalized spacial score (nSPS) is 11.0. The molecule has 2 nitrogen and oxygen atoms in total. The van der Waals surface area contributed by atoms with Gasteiger partial charge >= 0.3 is 0 Å². The van der Waals surface area contributed by atoms with Crippen LogP contribution in [0.5, 0.6) is 0 Å². The van der Waals surface area contributed by atoms with Crippen molar-refractivity contribution in [1.82, 2.24) is 0 Å². The van der Waals surface area contributed by atoms with Gasteiger partial charge in [0.15, 0.2) is 0 Å². The predicted octanol–water partition coefficient (Wildman–Crippen LogP) is 2.21. The van der Waals surface area contributed by atoms with E-state index < -0.39 is 0 Å². The molecule has 0 aliphatic carbocycles. The molecular weight excluding hydrogens is 126 g/mol. The second-order valence-electron chi connectivity index (χ2n) is 1.95. The van der Waals surface area contributed by atoms with Crippen LogP contribution in [0, 0.1) is 11.3 Å². The largest absolute Gasteiger partial charge is 0.465 e. The van der Waals surface area contributed by atoms with Gasteiger partial charge in [-0.1, -0.05) is 0 Å². The molecule has 1 rings (SSSR count). The van der Waals surface area contributed by atoms with Crippen molar-refractivity contribution < 1.29 is 4.42 Å². The standard InChI is InChI=1S/C8H7NO/c1-7(6-9)5-8-3-2-4-10-8/h2-5H,1H3/b7-5+. The quantitative estimate of drug-likeness (QED) is 0.550. The van der Waals surface area contributed by atoms with Gasteiger partial charge in [-0.3, -0.25) is 0 Å². The molecule has 0 saturated heterocycles. The Balaban J connectivity index is 2.83. The summed E-state index contributed by atoms with van der Waals surface area (Å²) in [6.07, 6.45) is 3.27. The van der Waals surface area contributed by atoms with Crippen LogP contribution in [-0.4, -0.2) is 0 Å². The minimum Gasteiger partial charge on any atom is -0.465 e. The van der Waals surface area contributed by atoms with Gasteiger partial charge < -0.3 is 4.42 Å². The number of rotatable bonds is 1. The monoisotopic (exact) mass is 133 g/mol. The van der Waals surface area contributed by atoms with Crippen LogP contribution in [0.1, 0.15) is 12.7 Å². The van der Waals surface area contributed by atoms with Crippen molar-refractivity contribution in [3.05, 3.63) is 29.7 Å². The van der Waals surface area contributed by atoms with Gasteiger partial charge in [0.25, 0.3) is 0 Å². The highest BCUT2D eigenvalue weighted by atomic mass is 16.3. The lowest BCUT2D eigenvalue weighted by Crippen LogP contribution is -1.66. The molecule has 0 aromatic carbocycles. The van der Waals surface area contributed by atoms with E-state index in [-0.39, 0.29) is 0 Å². The third kappa shape index (κ3) is 1.49. The lowest BCUT2D eigenvalue weighted by molar-refractivity contribution is 0.557. The number of allylic oxidation sites excluding steroid dienone is 1. The van der Waals surface area contributed by atoms with Crippen molar-refractivity contribution >= 4 is 6.08 Å². The Morgan fingerprint density at radius 2 is 2.60 bits per heavy atom. The molecule has 0 N–H and O–H groups in total. The Bertz CT molecular complexity index is 264. The number of hydrogen-bond donors (Lipinski definition) is 0. The van der Waals surface area contributed by atoms with Crippen LogP contribution in [-0.2, 0) is 0 Å². The average molecular weight is 133 g/mol. The minimum absolute atomic E-state index is 0.648. The topological polar surface area (TPSA) is 36.9 Å². The zero-order chi connectivity index (χ0) is 7.40.